The van der Waals surface area contributed by atoms with Crippen molar-refractivity contribution in [2.75, 3.05) is 12.3 Å². The molecule has 2 amide bonds. The second kappa shape index (κ2) is 6.83. The van der Waals surface area contributed by atoms with Crippen molar-refractivity contribution in [1.82, 2.24) is 4.90 Å². The van der Waals surface area contributed by atoms with Crippen LogP contribution in [-0.2, 0) is 0 Å². The number of hydrogen-bond acceptors (Lipinski definition) is 3. The summed E-state index contributed by atoms with van der Waals surface area (Å²) in [6.07, 6.45) is 3.61. The minimum atomic E-state index is -0.186. The lowest BCUT2D eigenvalue weighted by Crippen LogP contribution is -2.39. The van der Waals surface area contributed by atoms with Gasteiger partial charge in [-0.15, -0.1) is 0 Å². The summed E-state index contributed by atoms with van der Waals surface area (Å²) in [5, 5.41) is 1.03. The van der Waals surface area contributed by atoms with Gasteiger partial charge in [-0.3, -0.25) is 14.5 Å². The lowest BCUT2D eigenvalue weighted by atomic mass is 10.1. The molecule has 0 saturated heterocycles. The van der Waals surface area contributed by atoms with E-state index in [0.29, 0.717) is 17.7 Å². The molecule has 2 heterocycles. The number of carbonyl (C=O) groups is 2. The van der Waals surface area contributed by atoms with E-state index in [9.17, 15) is 9.59 Å². The molecule has 0 saturated carbocycles. The number of anilines is 1. The number of nitrogens with zero attached hydrogens (tertiary/aromatic N) is 2. The van der Waals surface area contributed by atoms with E-state index in [-0.39, 0.29) is 17.9 Å². The first-order valence-corrected chi connectivity index (χ1v) is 9.21. The third kappa shape index (κ3) is 2.95. The molecule has 27 heavy (non-hydrogen) atoms. The summed E-state index contributed by atoms with van der Waals surface area (Å²) in [6, 6.07) is 17.2. The number of hydrogen-bond donors (Lipinski definition) is 1. The molecule has 0 spiro atoms. The van der Waals surface area contributed by atoms with Gasteiger partial charge in [-0.2, -0.15) is 4.57 Å². The lowest BCUT2D eigenvalue weighted by Gasteiger charge is -2.15. The Morgan fingerprint density at radius 3 is 2.30 bits per heavy atom. The first-order valence-electron chi connectivity index (χ1n) is 9.21. The molecule has 5 heteroatoms. The number of imide groups is 1. The molecule has 136 valence electrons. The average molecular weight is 360 g/mol. The smallest absolute Gasteiger partial charge is 0.261 e. The van der Waals surface area contributed by atoms with E-state index in [0.717, 1.165) is 29.4 Å². The fourth-order valence-corrected chi connectivity index (χ4v) is 3.78. The number of amides is 2. The van der Waals surface area contributed by atoms with Gasteiger partial charge in [0.2, 0.25) is 5.52 Å². The maximum Gasteiger partial charge on any atom is 0.261 e. The third-order valence-corrected chi connectivity index (χ3v) is 5.26. The van der Waals surface area contributed by atoms with Crippen molar-refractivity contribution in [2.45, 2.75) is 25.8 Å². The second-order valence-electron chi connectivity index (χ2n) is 6.99. The number of aromatic nitrogens is 1. The largest absolute Gasteiger partial charge is 0.398 e. The van der Waals surface area contributed by atoms with E-state index in [1.807, 2.05) is 30.5 Å². The third-order valence-electron chi connectivity index (χ3n) is 5.26. The van der Waals surface area contributed by atoms with Gasteiger partial charge in [-0.05, 0) is 31.5 Å². The molecule has 0 fully saturated rings. The molecule has 1 aromatic heterocycles. The maximum atomic E-state index is 12.5. The van der Waals surface area contributed by atoms with Crippen LogP contribution in [0.5, 0.6) is 0 Å². The van der Waals surface area contributed by atoms with E-state index in [2.05, 4.69) is 17.6 Å². The van der Waals surface area contributed by atoms with Gasteiger partial charge in [-0.1, -0.05) is 24.3 Å². The fourth-order valence-electron chi connectivity index (χ4n) is 3.78. The highest BCUT2D eigenvalue weighted by Gasteiger charge is 2.34. The summed E-state index contributed by atoms with van der Waals surface area (Å²) in [4.78, 5) is 26.3. The number of benzene rings is 2. The summed E-state index contributed by atoms with van der Waals surface area (Å²) in [7, 11) is 0. The first-order chi connectivity index (χ1) is 13.1. The second-order valence-corrected chi connectivity index (χ2v) is 6.99. The van der Waals surface area contributed by atoms with Gasteiger partial charge in [0.15, 0.2) is 12.2 Å². The monoisotopic (exact) mass is 360 g/mol. The molecule has 1 aliphatic rings. The van der Waals surface area contributed by atoms with Crippen LogP contribution in [0.2, 0.25) is 0 Å². The molecular formula is C22H22N3O2+. The zero-order chi connectivity index (χ0) is 19.0. The van der Waals surface area contributed by atoms with Crippen LogP contribution in [0.3, 0.4) is 0 Å². The Balaban J connectivity index is 1.46. The molecule has 2 N–H and O–H groups in total. The number of nitrogen functional groups attached to an aromatic ring is 1. The fraction of sp³-hybridized carbons (Fsp3) is 0.227. The molecular weight excluding hydrogens is 338 g/mol. The Labute approximate surface area is 158 Å². The van der Waals surface area contributed by atoms with Gasteiger partial charge in [0.25, 0.3) is 11.8 Å². The van der Waals surface area contributed by atoms with E-state index in [4.69, 9.17) is 5.73 Å². The van der Waals surface area contributed by atoms with Crippen LogP contribution in [-0.4, -0.2) is 23.3 Å². The van der Waals surface area contributed by atoms with Crippen LogP contribution >= 0.6 is 0 Å². The quantitative estimate of drug-likeness (QED) is 0.560. The first kappa shape index (κ1) is 17.2. The number of rotatable bonds is 5. The Morgan fingerprint density at radius 2 is 1.59 bits per heavy atom. The summed E-state index contributed by atoms with van der Waals surface area (Å²) in [5.41, 5.74) is 8.96. The Bertz CT molecular complexity index is 1010. The topological polar surface area (TPSA) is 67.3 Å². The van der Waals surface area contributed by atoms with Crippen LogP contribution in [0.1, 0.15) is 46.5 Å². The standard InChI is InChI=1S/C22H21N3O2/c1-15(24-14-12-19(23)18-10-4-5-11-20(18)24)7-6-13-25-21(26)16-8-2-3-9-17(16)22(25)27/h2-5,8-12,14-15,23H,6-7,13H2,1H3/p+1. The molecule has 1 unspecified atom stereocenters. The van der Waals surface area contributed by atoms with Crippen molar-refractivity contribution < 1.29 is 14.2 Å². The summed E-state index contributed by atoms with van der Waals surface area (Å²) >= 11 is 0. The normalized spacial score (nSPS) is 14.6. The molecule has 0 radical (unpaired) electrons. The Hall–Kier alpha value is -3.21. The molecule has 3 aromatic rings. The highest BCUT2D eigenvalue weighted by Crippen LogP contribution is 2.24. The molecule has 5 nitrogen and oxygen atoms in total. The van der Waals surface area contributed by atoms with Crippen LogP contribution < -0.4 is 10.3 Å². The van der Waals surface area contributed by atoms with Crippen LogP contribution in [0, 0.1) is 0 Å². The zero-order valence-electron chi connectivity index (χ0n) is 15.3. The summed E-state index contributed by atoms with van der Waals surface area (Å²) in [6.45, 7) is 2.58. The highest BCUT2D eigenvalue weighted by atomic mass is 16.2. The highest BCUT2D eigenvalue weighted by molar-refractivity contribution is 6.21. The number of nitrogens with two attached hydrogens (primary N) is 1. The van der Waals surface area contributed by atoms with Gasteiger partial charge in [0.1, 0.15) is 0 Å². The number of para-hydroxylation sites is 1. The predicted molar refractivity (Wildman–Crippen MR) is 104 cm³/mol. The van der Waals surface area contributed by atoms with Gasteiger partial charge in [0, 0.05) is 25.1 Å². The van der Waals surface area contributed by atoms with Crippen molar-refractivity contribution in [3.05, 3.63) is 71.9 Å². The van der Waals surface area contributed by atoms with E-state index >= 15 is 0 Å². The molecule has 2 aromatic carbocycles. The van der Waals surface area contributed by atoms with Crippen molar-refractivity contribution in [1.29, 1.82) is 0 Å². The van der Waals surface area contributed by atoms with Gasteiger partial charge >= 0.3 is 0 Å². The van der Waals surface area contributed by atoms with Crippen molar-refractivity contribution in [3.63, 3.8) is 0 Å². The maximum absolute atomic E-state index is 12.5. The molecule has 0 bridgehead atoms. The number of carbonyl (C=O) groups excluding carboxylic acids is 2. The van der Waals surface area contributed by atoms with Crippen molar-refractivity contribution in [2.24, 2.45) is 0 Å². The van der Waals surface area contributed by atoms with Crippen LogP contribution in [0.4, 0.5) is 5.69 Å². The molecule has 1 atom stereocenters. The Kier molecular flexibility index (Phi) is 4.36. The minimum Gasteiger partial charge on any atom is -0.398 e. The summed E-state index contributed by atoms with van der Waals surface area (Å²) in [5.74, 6) is -0.373. The van der Waals surface area contributed by atoms with E-state index in [1.165, 1.54) is 4.90 Å². The van der Waals surface area contributed by atoms with Crippen LogP contribution in [0.15, 0.2) is 60.8 Å². The average Bonchev–Trinajstić information content (AvgIpc) is 2.93. The van der Waals surface area contributed by atoms with Gasteiger partial charge < -0.3 is 5.73 Å². The molecule has 4 rings (SSSR count). The van der Waals surface area contributed by atoms with Crippen molar-refractivity contribution in [3.8, 4) is 0 Å². The predicted octanol–water partition coefficient (Wildman–Crippen LogP) is 3.35. The number of pyridine rings is 1. The van der Waals surface area contributed by atoms with Crippen LogP contribution in [0.25, 0.3) is 10.9 Å². The Morgan fingerprint density at radius 1 is 0.963 bits per heavy atom. The minimum absolute atomic E-state index is 0.186. The molecule has 1 aliphatic heterocycles. The van der Waals surface area contributed by atoms with Gasteiger partial charge in [0.05, 0.1) is 22.2 Å². The van der Waals surface area contributed by atoms with Gasteiger partial charge in [-0.25, -0.2) is 0 Å². The number of fused-ring (bicyclic) bond motifs is 2. The lowest BCUT2D eigenvalue weighted by molar-refractivity contribution is -0.695. The van der Waals surface area contributed by atoms with Crippen molar-refractivity contribution >= 4 is 28.4 Å². The SMILES string of the molecule is CC(CCCN1C(=O)c2ccccc2C1=O)[n+]1ccc(N)c2ccccc21. The molecule has 0 aliphatic carbocycles. The van der Waals surface area contributed by atoms with E-state index in [1.54, 1.807) is 24.3 Å². The van der Waals surface area contributed by atoms with E-state index < -0.39 is 0 Å². The summed E-state index contributed by atoms with van der Waals surface area (Å²) < 4.78 is 2.20. The zero-order valence-corrected chi connectivity index (χ0v) is 15.3.